The van der Waals surface area contributed by atoms with E-state index in [0.29, 0.717) is 11.1 Å². The molecule has 0 radical (unpaired) electrons. The fraction of sp³-hybridized carbons (Fsp3) is 0.300. The molecule has 0 aromatic heterocycles. The molecule has 0 heterocycles. The maximum atomic E-state index is 12.2. The van der Waals surface area contributed by atoms with Gasteiger partial charge >= 0.3 is 0 Å². The normalized spacial score (nSPS) is 12.3. The van der Waals surface area contributed by atoms with Gasteiger partial charge in [-0.3, -0.25) is 9.59 Å². The van der Waals surface area contributed by atoms with Gasteiger partial charge in [-0.15, -0.1) is 0 Å². The molecule has 7 heteroatoms. The van der Waals surface area contributed by atoms with E-state index in [1.165, 1.54) is 24.3 Å². The number of carbonyl (C=O) groups excluding carboxylic acids is 2. The van der Waals surface area contributed by atoms with Crippen molar-refractivity contribution >= 4 is 21.7 Å². The van der Waals surface area contributed by atoms with Crippen molar-refractivity contribution in [2.24, 2.45) is 0 Å². The molecule has 0 fully saturated rings. The first-order chi connectivity index (χ1) is 12.7. The number of rotatable bonds is 7. The second kappa shape index (κ2) is 8.81. The Morgan fingerprint density at radius 2 is 1.67 bits per heavy atom. The van der Waals surface area contributed by atoms with Crippen LogP contribution in [0.5, 0.6) is 0 Å². The lowest BCUT2D eigenvalue weighted by molar-refractivity contribution is 0.0936. The van der Waals surface area contributed by atoms with E-state index in [2.05, 4.69) is 10.6 Å². The highest BCUT2D eigenvalue weighted by Crippen LogP contribution is 2.11. The van der Waals surface area contributed by atoms with Crippen molar-refractivity contribution in [3.05, 3.63) is 65.2 Å². The van der Waals surface area contributed by atoms with Gasteiger partial charge in [-0.25, -0.2) is 8.42 Å². The van der Waals surface area contributed by atoms with Gasteiger partial charge < -0.3 is 10.6 Å². The molecule has 0 saturated carbocycles. The Morgan fingerprint density at radius 3 is 2.26 bits per heavy atom. The zero-order valence-corrected chi connectivity index (χ0v) is 16.5. The molecule has 0 aliphatic heterocycles. The summed E-state index contributed by atoms with van der Waals surface area (Å²) in [7, 11) is -3.29. The van der Waals surface area contributed by atoms with E-state index in [1.807, 2.05) is 19.9 Å². The van der Waals surface area contributed by atoms with Gasteiger partial charge in [-0.1, -0.05) is 19.1 Å². The van der Waals surface area contributed by atoms with Crippen LogP contribution in [0.25, 0.3) is 0 Å². The van der Waals surface area contributed by atoms with E-state index in [-0.39, 0.29) is 29.3 Å². The molecule has 144 valence electrons. The monoisotopic (exact) mass is 388 g/mol. The Kier molecular flexibility index (Phi) is 6.74. The molecule has 0 aliphatic carbocycles. The van der Waals surface area contributed by atoms with Crippen LogP contribution in [0.15, 0.2) is 53.4 Å². The Bertz CT molecular complexity index is 921. The standard InChI is InChI=1S/C20H24N2O4S/c1-4-14(2)22-20(24)17-7-5-6-15(12-17)13-21-19(23)16-8-10-18(11-9-16)27(3,25)26/h5-12,14H,4,13H2,1-3H3,(H,21,23)(H,22,24)/t14-/m1/s1. The topological polar surface area (TPSA) is 92.3 Å². The van der Waals surface area contributed by atoms with Gasteiger partial charge in [0.2, 0.25) is 0 Å². The molecule has 1 atom stereocenters. The van der Waals surface area contributed by atoms with Crippen molar-refractivity contribution in [1.82, 2.24) is 10.6 Å². The van der Waals surface area contributed by atoms with Crippen LogP contribution in [0.3, 0.4) is 0 Å². The SMILES string of the molecule is CC[C@@H](C)NC(=O)c1cccc(CNC(=O)c2ccc(S(C)(=O)=O)cc2)c1. The molecule has 2 N–H and O–H groups in total. The predicted octanol–water partition coefficient (Wildman–Crippen LogP) is 2.55. The van der Waals surface area contributed by atoms with E-state index in [0.717, 1.165) is 18.2 Å². The lowest BCUT2D eigenvalue weighted by Crippen LogP contribution is -2.32. The number of amides is 2. The fourth-order valence-electron chi connectivity index (χ4n) is 2.37. The molecule has 6 nitrogen and oxygen atoms in total. The summed E-state index contributed by atoms with van der Waals surface area (Å²) in [6.07, 6.45) is 1.96. The highest BCUT2D eigenvalue weighted by molar-refractivity contribution is 7.90. The summed E-state index contributed by atoms with van der Waals surface area (Å²) >= 11 is 0. The van der Waals surface area contributed by atoms with Crippen LogP contribution in [-0.2, 0) is 16.4 Å². The maximum absolute atomic E-state index is 12.2. The Balaban J connectivity index is 2.01. The van der Waals surface area contributed by atoms with Gasteiger partial charge in [0.1, 0.15) is 0 Å². The van der Waals surface area contributed by atoms with E-state index < -0.39 is 9.84 Å². The first-order valence-electron chi connectivity index (χ1n) is 8.69. The second-order valence-corrected chi connectivity index (χ2v) is 8.48. The van der Waals surface area contributed by atoms with Crippen LogP contribution in [0, 0.1) is 0 Å². The lowest BCUT2D eigenvalue weighted by atomic mass is 10.1. The van der Waals surface area contributed by atoms with Gasteiger partial charge in [0.05, 0.1) is 4.90 Å². The van der Waals surface area contributed by atoms with Crippen molar-refractivity contribution in [2.75, 3.05) is 6.26 Å². The molecular formula is C20H24N2O4S. The number of benzene rings is 2. The molecule has 2 aromatic carbocycles. The molecule has 2 rings (SSSR count). The van der Waals surface area contributed by atoms with Crippen molar-refractivity contribution in [2.45, 2.75) is 37.8 Å². The number of hydrogen-bond donors (Lipinski definition) is 2. The molecule has 0 saturated heterocycles. The van der Waals surface area contributed by atoms with Gasteiger partial charge in [-0.2, -0.15) is 0 Å². The van der Waals surface area contributed by atoms with E-state index in [1.54, 1.807) is 18.2 Å². The minimum atomic E-state index is -3.29. The average Bonchev–Trinajstić information content (AvgIpc) is 2.65. The summed E-state index contributed by atoms with van der Waals surface area (Å²) in [6, 6.07) is 12.9. The van der Waals surface area contributed by atoms with E-state index in [9.17, 15) is 18.0 Å². The molecule has 0 aliphatic rings. The number of sulfone groups is 1. The average molecular weight is 388 g/mol. The van der Waals surface area contributed by atoms with Gasteiger partial charge in [-0.05, 0) is 55.3 Å². The van der Waals surface area contributed by atoms with Crippen LogP contribution in [-0.4, -0.2) is 32.5 Å². The maximum Gasteiger partial charge on any atom is 0.251 e. The quantitative estimate of drug-likeness (QED) is 0.762. The highest BCUT2D eigenvalue weighted by atomic mass is 32.2. The Labute approximate surface area is 159 Å². The minimum Gasteiger partial charge on any atom is -0.350 e. The smallest absolute Gasteiger partial charge is 0.251 e. The summed E-state index contributed by atoms with van der Waals surface area (Å²) in [5.41, 5.74) is 1.71. The third-order valence-corrected chi connectivity index (χ3v) is 5.31. The van der Waals surface area contributed by atoms with Crippen LogP contribution in [0.4, 0.5) is 0 Å². The number of nitrogens with one attached hydrogen (secondary N) is 2. The first kappa shape index (κ1) is 20.6. The summed E-state index contributed by atoms with van der Waals surface area (Å²) in [5.74, 6) is -0.460. The van der Waals surface area contributed by atoms with Crippen LogP contribution in [0.2, 0.25) is 0 Å². The van der Waals surface area contributed by atoms with Crippen molar-refractivity contribution in [3.63, 3.8) is 0 Å². The predicted molar refractivity (Wildman–Crippen MR) is 104 cm³/mol. The zero-order valence-electron chi connectivity index (χ0n) is 15.7. The van der Waals surface area contributed by atoms with E-state index >= 15 is 0 Å². The summed E-state index contributed by atoms with van der Waals surface area (Å²) in [4.78, 5) is 24.6. The molecule has 2 amide bonds. The largest absolute Gasteiger partial charge is 0.350 e. The Morgan fingerprint density at radius 1 is 1.00 bits per heavy atom. The van der Waals surface area contributed by atoms with Crippen LogP contribution >= 0.6 is 0 Å². The zero-order chi connectivity index (χ0) is 20.0. The lowest BCUT2D eigenvalue weighted by Gasteiger charge is -2.12. The second-order valence-electron chi connectivity index (χ2n) is 6.46. The van der Waals surface area contributed by atoms with Gasteiger partial charge in [0.25, 0.3) is 11.8 Å². The summed E-state index contributed by atoms with van der Waals surface area (Å²) in [5, 5.41) is 5.68. The highest BCUT2D eigenvalue weighted by Gasteiger charge is 2.11. The third-order valence-electron chi connectivity index (χ3n) is 4.18. The molecule has 2 aromatic rings. The van der Waals surface area contributed by atoms with E-state index in [4.69, 9.17) is 0 Å². The fourth-order valence-corrected chi connectivity index (χ4v) is 3.00. The minimum absolute atomic E-state index is 0.0933. The molecule has 0 spiro atoms. The van der Waals surface area contributed by atoms with Crippen molar-refractivity contribution in [3.8, 4) is 0 Å². The number of carbonyl (C=O) groups is 2. The third kappa shape index (κ3) is 5.92. The van der Waals surface area contributed by atoms with Crippen LogP contribution < -0.4 is 10.6 Å². The van der Waals surface area contributed by atoms with Gasteiger partial charge in [0.15, 0.2) is 9.84 Å². The van der Waals surface area contributed by atoms with Crippen molar-refractivity contribution < 1.29 is 18.0 Å². The summed E-state index contributed by atoms with van der Waals surface area (Å²) in [6.45, 7) is 4.20. The van der Waals surface area contributed by atoms with Crippen LogP contribution in [0.1, 0.15) is 46.5 Å². The molecule has 0 unspecified atom stereocenters. The summed E-state index contributed by atoms with van der Waals surface area (Å²) < 4.78 is 22.9. The van der Waals surface area contributed by atoms with Crippen molar-refractivity contribution in [1.29, 1.82) is 0 Å². The molecule has 0 bridgehead atoms. The Hall–Kier alpha value is -2.67. The van der Waals surface area contributed by atoms with Gasteiger partial charge in [0, 0.05) is 30.0 Å². The first-order valence-corrected chi connectivity index (χ1v) is 10.6. The molecule has 27 heavy (non-hydrogen) atoms. The molecular weight excluding hydrogens is 364 g/mol. The number of hydrogen-bond acceptors (Lipinski definition) is 4.